The predicted molar refractivity (Wildman–Crippen MR) is 74.0 cm³/mol. The van der Waals surface area contributed by atoms with Gasteiger partial charge < -0.3 is 0 Å². The van der Waals surface area contributed by atoms with Crippen molar-refractivity contribution in [2.75, 3.05) is 0 Å². The van der Waals surface area contributed by atoms with Crippen LogP contribution in [0.25, 0.3) is 0 Å². The molecule has 0 N–H and O–H groups in total. The van der Waals surface area contributed by atoms with Gasteiger partial charge in [0.1, 0.15) is 0 Å². The highest BCUT2D eigenvalue weighted by atomic mass is 16.2. The van der Waals surface area contributed by atoms with Crippen LogP contribution >= 0.6 is 0 Å². The van der Waals surface area contributed by atoms with E-state index in [2.05, 4.69) is 19.1 Å². The third kappa shape index (κ3) is 1.97. The molecule has 1 aromatic rings. The molecule has 1 unspecified atom stereocenters. The molecule has 1 atom stereocenters. The molecule has 2 nitrogen and oxygen atoms in total. The van der Waals surface area contributed by atoms with E-state index in [4.69, 9.17) is 0 Å². The number of allylic oxidation sites excluding steroid dienone is 4. The van der Waals surface area contributed by atoms with Gasteiger partial charge in [-0.25, -0.2) is 0 Å². The van der Waals surface area contributed by atoms with Crippen molar-refractivity contribution in [3.63, 3.8) is 0 Å². The SMILES string of the molecule is CC1C2=C(CCC=C2)C(=O)C(=O)Cc2ccccc21. The van der Waals surface area contributed by atoms with Crippen LogP contribution in [0.15, 0.2) is 47.6 Å². The van der Waals surface area contributed by atoms with Gasteiger partial charge >= 0.3 is 0 Å². The number of rotatable bonds is 0. The summed E-state index contributed by atoms with van der Waals surface area (Å²) in [5.74, 6) is -0.373. The third-order valence-electron chi connectivity index (χ3n) is 4.07. The summed E-state index contributed by atoms with van der Waals surface area (Å²) in [5, 5.41) is 0. The van der Waals surface area contributed by atoms with Gasteiger partial charge in [-0.15, -0.1) is 0 Å². The van der Waals surface area contributed by atoms with Crippen molar-refractivity contribution in [3.8, 4) is 0 Å². The van der Waals surface area contributed by atoms with E-state index in [0.717, 1.165) is 23.1 Å². The van der Waals surface area contributed by atoms with E-state index in [-0.39, 0.29) is 23.9 Å². The maximum Gasteiger partial charge on any atom is 0.225 e. The zero-order chi connectivity index (χ0) is 13.4. The molecule has 2 aliphatic carbocycles. The number of carbonyl (C=O) groups is 2. The first-order valence-electron chi connectivity index (χ1n) is 6.73. The second kappa shape index (κ2) is 4.61. The van der Waals surface area contributed by atoms with Gasteiger partial charge in [-0.1, -0.05) is 43.3 Å². The molecule has 0 fully saturated rings. The fourth-order valence-electron chi connectivity index (χ4n) is 3.04. The van der Waals surface area contributed by atoms with E-state index in [0.29, 0.717) is 6.42 Å². The standard InChI is InChI=1S/C17H16O2/c1-11-13-7-3-2-6-12(13)10-16(18)17(19)15-9-5-4-8-14(11)15/h2-4,6-8,11H,5,9-10H2,1H3. The molecule has 0 saturated carbocycles. The Kier molecular flexibility index (Phi) is 2.94. The summed E-state index contributed by atoms with van der Waals surface area (Å²) < 4.78 is 0. The summed E-state index contributed by atoms with van der Waals surface area (Å²) in [6.07, 6.45) is 5.91. The van der Waals surface area contributed by atoms with Crippen LogP contribution < -0.4 is 0 Å². The smallest absolute Gasteiger partial charge is 0.225 e. The van der Waals surface area contributed by atoms with E-state index in [1.165, 1.54) is 5.56 Å². The molecule has 0 heterocycles. The lowest BCUT2D eigenvalue weighted by molar-refractivity contribution is -0.134. The molecule has 19 heavy (non-hydrogen) atoms. The number of fused-ring (bicyclic) bond motifs is 1. The van der Waals surface area contributed by atoms with Crippen molar-refractivity contribution >= 4 is 11.6 Å². The maximum atomic E-state index is 12.2. The van der Waals surface area contributed by atoms with E-state index in [1.807, 2.05) is 24.3 Å². The minimum atomic E-state index is -0.277. The lowest BCUT2D eigenvalue weighted by Crippen LogP contribution is -2.25. The summed E-state index contributed by atoms with van der Waals surface area (Å²) in [6, 6.07) is 7.94. The fraction of sp³-hybridized carbons (Fsp3) is 0.294. The van der Waals surface area contributed by atoms with Gasteiger partial charge in [0.05, 0.1) is 0 Å². The van der Waals surface area contributed by atoms with Crippen LogP contribution in [-0.4, -0.2) is 11.6 Å². The molecule has 96 valence electrons. The average Bonchev–Trinajstić information content (AvgIpc) is 2.45. The minimum Gasteiger partial charge on any atom is -0.290 e. The molecule has 0 radical (unpaired) electrons. The quantitative estimate of drug-likeness (QED) is 0.665. The molecule has 0 bridgehead atoms. The van der Waals surface area contributed by atoms with E-state index in [1.54, 1.807) is 0 Å². The average molecular weight is 252 g/mol. The van der Waals surface area contributed by atoms with Crippen molar-refractivity contribution in [1.29, 1.82) is 0 Å². The fourth-order valence-corrected chi connectivity index (χ4v) is 3.04. The lowest BCUT2D eigenvalue weighted by atomic mass is 9.78. The Hall–Kier alpha value is -1.96. The molecule has 0 aromatic heterocycles. The summed E-state index contributed by atoms with van der Waals surface area (Å²) >= 11 is 0. The van der Waals surface area contributed by atoms with Crippen LogP contribution in [0.4, 0.5) is 0 Å². The van der Waals surface area contributed by atoms with Gasteiger partial charge in [0.25, 0.3) is 0 Å². The van der Waals surface area contributed by atoms with Crippen molar-refractivity contribution in [2.24, 2.45) is 0 Å². The molecule has 0 saturated heterocycles. The Bertz CT molecular complexity index is 620. The molecule has 2 aliphatic rings. The molecule has 1 aromatic carbocycles. The predicted octanol–water partition coefficient (Wildman–Crippen LogP) is 3.13. The number of ketones is 2. The molecular weight excluding hydrogens is 236 g/mol. The van der Waals surface area contributed by atoms with Gasteiger partial charge in [0, 0.05) is 17.9 Å². The Balaban J connectivity index is 2.21. The number of hydrogen-bond donors (Lipinski definition) is 0. The van der Waals surface area contributed by atoms with Crippen LogP contribution in [-0.2, 0) is 16.0 Å². The van der Waals surface area contributed by atoms with Gasteiger partial charge in [0.2, 0.25) is 11.6 Å². The van der Waals surface area contributed by atoms with E-state index >= 15 is 0 Å². The normalized spacial score (nSPS) is 22.7. The summed E-state index contributed by atoms with van der Waals surface area (Å²) in [7, 11) is 0. The number of carbonyl (C=O) groups excluding carboxylic acids is 2. The maximum absolute atomic E-state index is 12.2. The minimum absolute atomic E-state index is 0.180. The second-order valence-electron chi connectivity index (χ2n) is 5.22. The van der Waals surface area contributed by atoms with Crippen molar-refractivity contribution in [2.45, 2.75) is 32.1 Å². The molecule has 0 spiro atoms. The van der Waals surface area contributed by atoms with Crippen molar-refractivity contribution < 1.29 is 9.59 Å². The lowest BCUT2D eigenvalue weighted by Gasteiger charge is -2.25. The van der Waals surface area contributed by atoms with Crippen molar-refractivity contribution in [1.82, 2.24) is 0 Å². The molecular formula is C17H16O2. The van der Waals surface area contributed by atoms with Gasteiger partial charge in [-0.3, -0.25) is 9.59 Å². The molecule has 0 aliphatic heterocycles. The Morgan fingerprint density at radius 1 is 1.16 bits per heavy atom. The van der Waals surface area contributed by atoms with Gasteiger partial charge in [-0.2, -0.15) is 0 Å². The van der Waals surface area contributed by atoms with Crippen LogP contribution in [0.2, 0.25) is 0 Å². The van der Waals surface area contributed by atoms with Crippen LogP contribution in [0, 0.1) is 0 Å². The number of hydrogen-bond acceptors (Lipinski definition) is 2. The van der Waals surface area contributed by atoms with Gasteiger partial charge in [0.15, 0.2) is 0 Å². The van der Waals surface area contributed by atoms with Crippen LogP contribution in [0.3, 0.4) is 0 Å². The van der Waals surface area contributed by atoms with E-state index < -0.39 is 0 Å². The monoisotopic (exact) mass is 252 g/mol. The highest BCUT2D eigenvalue weighted by Gasteiger charge is 2.29. The van der Waals surface area contributed by atoms with Crippen LogP contribution in [0.1, 0.15) is 36.8 Å². The topological polar surface area (TPSA) is 34.1 Å². The molecule has 2 heteroatoms. The van der Waals surface area contributed by atoms with Crippen molar-refractivity contribution in [3.05, 3.63) is 58.7 Å². The highest BCUT2D eigenvalue weighted by molar-refractivity contribution is 6.44. The molecule has 3 rings (SSSR count). The van der Waals surface area contributed by atoms with Gasteiger partial charge in [-0.05, 0) is 29.5 Å². The Morgan fingerprint density at radius 3 is 2.79 bits per heavy atom. The second-order valence-corrected chi connectivity index (χ2v) is 5.22. The first-order chi connectivity index (χ1) is 9.18. The Labute approximate surface area is 112 Å². The number of Topliss-reactive ketones (excluding diaryl/α,β-unsaturated/α-hetero) is 2. The zero-order valence-corrected chi connectivity index (χ0v) is 11.0. The van der Waals surface area contributed by atoms with Crippen LogP contribution in [0.5, 0.6) is 0 Å². The first-order valence-corrected chi connectivity index (χ1v) is 6.73. The number of benzene rings is 1. The summed E-state index contributed by atoms with van der Waals surface area (Å²) in [5.41, 5.74) is 3.91. The zero-order valence-electron chi connectivity index (χ0n) is 11.0. The largest absolute Gasteiger partial charge is 0.290 e. The first kappa shape index (κ1) is 12.1. The Morgan fingerprint density at radius 2 is 1.95 bits per heavy atom. The summed E-state index contributed by atoms with van der Waals surface area (Å²) in [6.45, 7) is 2.12. The molecule has 0 amide bonds. The third-order valence-corrected chi connectivity index (χ3v) is 4.07. The highest BCUT2D eigenvalue weighted by Crippen LogP contribution is 2.35. The summed E-state index contributed by atoms with van der Waals surface area (Å²) in [4.78, 5) is 24.3. The van der Waals surface area contributed by atoms with E-state index in [9.17, 15) is 9.59 Å².